The molecule has 0 aromatic heterocycles. The predicted octanol–water partition coefficient (Wildman–Crippen LogP) is 5.22. The molecule has 0 spiro atoms. The molecule has 1 rings (SSSR count). The van der Waals surface area contributed by atoms with E-state index in [1.807, 2.05) is 0 Å². The van der Waals surface area contributed by atoms with Crippen molar-refractivity contribution < 1.29 is 26.2 Å². The Balaban J connectivity index is 0.00000225. The molecule has 0 bridgehead atoms. The van der Waals surface area contributed by atoms with Gasteiger partial charge < -0.3 is 0 Å². The Kier molecular flexibility index (Phi) is 7.82. The van der Waals surface area contributed by atoms with Gasteiger partial charge in [0.15, 0.2) is 0 Å². The third kappa shape index (κ3) is 2.78. The van der Waals surface area contributed by atoms with Crippen LogP contribution in [0.25, 0.3) is 0 Å². The first-order valence-electron chi connectivity index (χ1n) is 6.55. The summed E-state index contributed by atoms with van der Waals surface area (Å²) in [7, 11) is 0. The van der Waals surface area contributed by atoms with Crippen molar-refractivity contribution in [1.29, 1.82) is 0 Å². The van der Waals surface area contributed by atoms with Crippen molar-refractivity contribution in [2.24, 2.45) is 0 Å². The smallest absolute Gasteiger partial charge is 0.0260 e. The SMILES string of the molecule is CC[C]1C(CC)=C(CC)C(CC)=C1CC.[Zr]. The van der Waals surface area contributed by atoms with Crippen LogP contribution in [0.3, 0.4) is 0 Å². The van der Waals surface area contributed by atoms with Crippen LogP contribution >= 0.6 is 0 Å². The molecule has 0 unspecified atom stereocenters. The summed E-state index contributed by atoms with van der Waals surface area (Å²) in [5.41, 5.74) is 6.64. The van der Waals surface area contributed by atoms with E-state index in [0.29, 0.717) is 0 Å². The van der Waals surface area contributed by atoms with Gasteiger partial charge in [-0.3, -0.25) is 0 Å². The van der Waals surface area contributed by atoms with Crippen LogP contribution < -0.4 is 0 Å². The van der Waals surface area contributed by atoms with E-state index in [2.05, 4.69) is 34.6 Å². The topological polar surface area (TPSA) is 0 Å². The molecule has 0 saturated carbocycles. The van der Waals surface area contributed by atoms with Crippen LogP contribution in [-0.4, -0.2) is 0 Å². The first kappa shape index (κ1) is 16.4. The van der Waals surface area contributed by atoms with Gasteiger partial charge in [0.25, 0.3) is 0 Å². The van der Waals surface area contributed by atoms with Crippen molar-refractivity contribution in [3.05, 3.63) is 28.2 Å². The number of hydrogen-bond acceptors (Lipinski definition) is 0. The molecule has 0 nitrogen and oxygen atoms in total. The van der Waals surface area contributed by atoms with E-state index in [9.17, 15) is 0 Å². The van der Waals surface area contributed by atoms with Gasteiger partial charge in [-0.2, -0.15) is 0 Å². The summed E-state index contributed by atoms with van der Waals surface area (Å²) >= 11 is 0. The second kappa shape index (κ2) is 7.64. The van der Waals surface area contributed by atoms with Crippen LogP contribution in [0.15, 0.2) is 22.3 Å². The first-order chi connectivity index (χ1) is 7.24. The third-order valence-electron chi connectivity index (χ3n) is 3.59. The summed E-state index contributed by atoms with van der Waals surface area (Å²) in [6.07, 6.45) is 6.04. The molecule has 0 aromatic rings. The minimum absolute atomic E-state index is 0. The Hall–Kier alpha value is 0.363. The molecule has 16 heavy (non-hydrogen) atoms. The average Bonchev–Trinajstić information content (AvgIpc) is 2.59. The Labute approximate surface area is 121 Å². The minimum Gasteiger partial charge on any atom is -0.0642 e. The van der Waals surface area contributed by atoms with Crippen molar-refractivity contribution in [1.82, 2.24) is 0 Å². The minimum atomic E-state index is 0. The summed E-state index contributed by atoms with van der Waals surface area (Å²) < 4.78 is 0. The Bertz CT molecular complexity index is 256. The van der Waals surface area contributed by atoms with Gasteiger partial charge in [-0.15, -0.1) is 0 Å². The van der Waals surface area contributed by atoms with E-state index in [4.69, 9.17) is 0 Å². The maximum atomic E-state index is 2.30. The third-order valence-corrected chi connectivity index (χ3v) is 3.59. The van der Waals surface area contributed by atoms with Gasteiger partial charge in [0.1, 0.15) is 0 Å². The quantitative estimate of drug-likeness (QED) is 0.653. The van der Waals surface area contributed by atoms with Crippen LogP contribution in [0.5, 0.6) is 0 Å². The summed E-state index contributed by atoms with van der Waals surface area (Å²) in [4.78, 5) is 0. The molecule has 0 aromatic carbocycles. The fraction of sp³-hybridized carbons (Fsp3) is 0.667. The molecular formula is C15H25Zr. The van der Waals surface area contributed by atoms with Crippen molar-refractivity contribution in [2.45, 2.75) is 66.7 Å². The zero-order valence-electron chi connectivity index (χ0n) is 11.5. The molecule has 0 aliphatic heterocycles. The molecule has 0 saturated heterocycles. The van der Waals surface area contributed by atoms with E-state index in [1.54, 1.807) is 28.2 Å². The van der Waals surface area contributed by atoms with E-state index in [-0.39, 0.29) is 26.2 Å². The van der Waals surface area contributed by atoms with Crippen LogP contribution in [-0.2, 0) is 26.2 Å². The Morgan fingerprint density at radius 1 is 0.500 bits per heavy atom. The van der Waals surface area contributed by atoms with Crippen LogP contribution in [0, 0.1) is 5.92 Å². The van der Waals surface area contributed by atoms with Crippen LogP contribution in [0.2, 0.25) is 0 Å². The van der Waals surface area contributed by atoms with E-state index < -0.39 is 0 Å². The number of hydrogen-bond donors (Lipinski definition) is 0. The fourth-order valence-corrected chi connectivity index (χ4v) is 3.04. The maximum Gasteiger partial charge on any atom is 0.0260 e. The van der Waals surface area contributed by atoms with Gasteiger partial charge in [-0.1, -0.05) is 45.8 Å². The van der Waals surface area contributed by atoms with Gasteiger partial charge >= 0.3 is 0 Å². The second-order valence-corrected chi connectivity index (χ2v) is 4.16. The van der Waals surface area contributed by atoms with Crippen molar-refractivity contribution in [2.75, 3.05) is 0 Å². The van der Waals surface area contributed by atoms with Crippen molar-refractivity contribution in [3.8, 4) is 0 Å². The van der Waals surface area contributed by atoms with Gasteiger partial charge in [-0.05, 0) is 43.3 Å². The molecular weight excluding hydrogens is 271 g/mol. The van der Waals surface area contributed by atoms with Gasteiger partial charge in [0.05, 0.1) is 0 Å². The monoisotopic (exact) mass is 295 g/mol. The first-order valence-corrected chi connectivity index (χ1v) is 6.55. The largest absolute Gasteiger partial charge is 0.0642 e. The van der Waals surface area contributed by atoms with Gasteiger partial charge in [-0.25, -0.2) is 0 Å². The van der Waals surface area contributed by atoms with E-state index >= 15 is 0 Å². The van der Waals surface area contributed by atoms with Crippen molar-refractivity contribution in [3.63, 3.8) is 0 Å². The van der Waals surface area contributed by atoms with E-state index in [0.717, 1.165) is 0 Å². The van der Waals surface area contributed by atoms with Crippen molar-refractivity contribution >= 4 is 0 Å². The summed E-state index contributed by atoms with van der Waals surface area (Å²) in [6.45, 7) is 11.5. The average molecular weight is 297 g/mol. The predicted molar refractivity (Wildman–Crippen MR) is 68.8 cm³/mol. The van der Waals surface area contributed by atoms with Crippen LogP contribution in [0.4, 0.5) is 0 Å². The molecule has 0 N–H and O–H groups in total. The molecule has 0 fully saturated rings. The normalized spacial score (nSPS) is 17.1. The standard InChI is InChI=1S/C15H25.Zr/c1-6-11-12(7-2)14(9-4)15(10-5)13(11)8-3;/h6-10H2,1-5H3;. The molecule has 0 atom stereocenters. The molecule has 1 heteroatoms. The Morgan fingerprint density at radius 2 is 0.812 bits per heavy atom. The molecule has 89 valence electrons. The van der Waals surface area contributed by atoms with Gasteiger partial charge in [0, 0.05) is 32.1 Å². The van der Waals surface area contributed by atoms with E-state index in [1.165, 1.54) is 32.1 Å². The molecule has 1 aliphatic carbocycles. The van der Waals surface area contributed by atoms with Gasteiger partial charge in [0.2, 0.25) is 0 Å². The second-order valence-electron chi connectivity index (χ2n) is 4.16. The molecule has 1 aliphatic rings. The summed E-state index contributed by atoms with van der Waals surface area (Å²) in [6, 6.07) is 0. The summed E-state index contributed by atoms with van der Waals surface area (Å²) in [5, 5.41) is 0. The Morgan fingerprint density at radius 3 is 1.00 bits per heavy atom. The zero-order valence-corrected chi connectivity index (χ0v) is 14.0. The number of allylic oxidation sites excluding steroid dienone is 4. The summed E-state index contributed by atoms with van der Waals surface area (Å²) in [5.74, 6) is 1.66. The number of rotatable bonds is 5. The fourth-order valence-electron chi connectivity index (χ4n) is 3.04. The maximum absolute atomic E-state index is 2.30. The molecule has 0 heterocycles. The molecule has 0 amide bonds. The molecule has 1 radical (unpaired) electrons. The van der Waals surface area contributed by atoms with Crippen LogP contribution in [0.1, 0.15) is 66.7 Å². The zero-order chi connectivity index (χ0) is 11.4.